The van der Waals surface area contributed by atoms with Gasteiger partial charge in [-0.25, -0.2) is 4.98 Å². The lowest BCUT2D eigenvalue weighted by atomic mass is 9.82. The molecule has 160 valence electrons. The van der Waals surface area contributed by atoms with E-state index in [1.54, 1.807) is 24.3 Å². The molecule has 5 rings (SSSR count). The first kappa shape index (κ1) is 20.4. The molecule has 1 saturated carbocycles. The van der Waals surface area contributed by atoms with Crippen LogP contribution >= 0.6 is 23.8 Å². The number of fused-ring (bicyclic) bond motifs is 1. The van der Waals surface area contributed by atoms with Crippen LogP contribution in [-0.2, 0) is 9.53 Å². The number of rotatable bonds is 4. The molecule has 1 aromatic heterocycles. The van der Waals surface area contributed by atoms with Gasteiger partial charge >= 0.3 is 0 Å². The fourth-order valence-corrected chi connectivity index (χ4v) is 4.77. The highest BCUT2D eigenvalue weighted by molar-refractivity contribution is 7.80. The second-order valence-electron chi connectivity index (χ2n) is 7.94. The van der Waals surface area contributed by atoms with Crippen LogP contribution in [0.25, 0.3) is 0 Å². The molecule has 0 spiro atoms. The Labute approximate surface area is 190 Å². The third kappa shape index (κ3) is 3.69. The summed E-state index contributed by atoms with van der Waals surface area (Å²) in [5.74, 6) is 0.000539. The van der Waals surface area contributed by atoms with Crippen molar-refractivity contribution in [1.82, 2.24) is 9.88 Å². The largest absolute Gasteiger partial charge is 0.377 e. The minimum Gasteiger partial charge on any atom is -0.377 e. The second kappa shape index (κ2) is 8.18. The summed E-state index contributed by atoms with van der Waals surface area (Å²) in [6.07, 6.45) is 3.45. The van der Waals surface area contributed by atoms with E-state index in [1.807, 2.05) is 17.0 Å². The number of hydrogen-bond donors (Lipinski definition) is 1. The van der Waals surface area contributed by atoms with Crippen LogP contribution in [0.4, 0.5) is 11.4 Å². The third-order valence-electron chi connectivity index (χ3n) is 6.04. The third-order valence-corrected chi connectivity index (χ3v) is 6.76. The number of nitrogens with zero attached hydrogens (tertiary/aromatic N) is 3. The first-order valence-corrected chi connectivity index (χ1v) is 11.1. The SMILES string of the molecule is O=C(Nc1ccc(N2C(=O)C3COCCN3C2=S)c(Cl)c1)c1cccc(C2CCC2)n1. The van der Waals surface area contributed by atoms with Crippen LogP contribution in [0, 0.1) is 0 Å². The average Bonchev–Trinajstić information content (AvgIpc) is 2.98. The van der Waals surface area contributed by atoms with Crippen LogP contribution in [0.15, 0.2) is 36.4 Å². The molecule has 9 heteroatoms. The van der Waals surface area contributed by atoms with Crippen molar-refractivity contribution in [2.75, 3.05) is 30.0 Å². The quantitative estimate of drug-likeness (QED) is 0.709. The molecule has 0 radical (unpaired) electrons. The number of anilines is 2. The molecule has 1 aliphatic carbocycles. The lowest BCUT2D eigenvalue weighted by Gasteiger charge is -2.28. The molecule has 2 aliphatic heterocycles. The number of hydrogen-bond acceptors (Lipinski definition) is 5. The summed E-state index contributed by atoms with van der Waals surface area (Å²) in [5.41, 5.74) is 2.36. The zero-order chi connectivity index (χ0) is 21.5. The van der Waals surface area contributed by atoms with Gasteiger partial charge in [0.05, 0.1) is 23.9 Å². The van der Waals surface area contributed by atoms with Gasteiger partial charge in [-0.2, -0.15) is 0 Å². The first-order chi connectivity index (χ1) is 15.0. The Morgan fingerprint density at radius 2 is 2.10 bits per heavy atom. The summed E-state index contributed by atoms with van der Waals surface area (Å²) in [5, 5.41) is 3.59. The number of morpholine rings is 1. The molecule has 1 unspecified atom stereocenters. The molecule has 3 fully saturated rings. The number of aromatic nitrogens is 1. The van der Waals surface area contributed by atoms with E-state index in [1.165, 1.54) is 11.3 Å². The van der Waals surface area contributed by atoms with E-state index in [-0.39, 0.29) is 11.8 Å². The normalized spacial score (nSPS) is 21.1. The fraction of sp³-hybridized carbons (Fsp3) is 0.364. The number of benzene rings is 1. The van der Waals surface area contributed by atoms with Crippen LogP contribution in [0.3, 0.4) is 0 Å². The van der Waals surface area contributed by atoms with Crippen LogP contribution in [0.2, 0.25) is 5.02 Å². The molecule has 3 aliphatic rings. The molecule has 1 aromatic carbocycles. The zero-order valence-corrected chi connectivity index (χ0v) is 18.3. The van der Waals surface area contributed by atoms with Crippen molar-refractivity contribution in [3.63, 3.8) is 0 Å². The maximum Gasteiger partial charge on any atom is 0.274 e. The van der Waals surface area contributed by atoms with Crippen LogP contribution < -0.4 is 10.2 Å². The second-order valence-corrected chi connectivity index (χ2v) is 8.71. The zero-order valence-electron chi connectivity index (χ0n) is 16.7. The molecular weight excluding hydrogens is 436 g/mol. The van der Waals surface area contributed by atoms with Crippen molar-refractivity contribution in [1.29, 1.82) is 0 Å². The molecule has 7 nitrogen and oxygen atoms in total. The summed E-state index contributed by atoms with van der Waals surface area (Å²) in [4.78, 5) is 33.4. The van der Waals surface area contributed by atoms with E-state index in [4.69, 9.17) is 28.6 Å². The lowest BCUT2D eigenvalue weighted by molar-refractivity contribution is -0.123. The predicted octanol–water partition coefficient (Wildman–Crippen LogP) is 3.59. The number of amides is 2. The Balaban J connectivity index is 1.33. The number of halogens is 1. The number of pyridine rings is 1. The van der Waals surface area contributed by atoms with Crippen LogP contribution in [0.5, 0.6) is 0 Å². The van der Waals surface area contributed by atoms with Crippen molar-refractivity contribution in [3.05, 3.63) is 52.8 Å². The van der Waals surface area contributed by atoms with Crippen molar-refractivity contribution < 1.29 is 14.3 Å². The molecule has 1 atom stereocenters. The molecule has 2 saturated heterocycles. The molecule has 2 aromatic rings. The monoisotopic (exact) mass is 456 g/mol. The van der Waals surface area contributed by atoms with Crippen molar-refractivity contribution >= 4 is 52.1 Å². The Morgan fingerprint density at radius 3 is 2.81 bits per heavy atom. The van der Waals surface area contributed by atoms with Gasteiger partial charge in [-0.3, -0.25) is 14.5 Å². The fourth-order valence-electron chi connectivity index (χ4n) is 4.10. The summed E-state index contributed by atoms with van der Waals surface area (Å²) < 4.78 is 5.42. The van der Waals surface area contributed by atoms with Crippen molar-refractivity contribution in [3.8, 4) is 0 Å². The average molecular weight is 457 g/mol. The molecular formula is C22H21ClN4O3S. The molecule has 2 amide bonds. The highest BCUT2D eigenvalue weighted by Crippen LogP contribution is 2.36. The van der Waals surface area contributed by atoms with Gasteiger partial charge in [0.2, 0.25) is 0 Å². The van der Waals surface area contributed by atoms with E-state index < -0.39 is 6.04 Å². The lowest BCUT2D eigenvalue weighted by Crippen LogP contribution is -2.44. The first-order valence-electron chi connectivity index (χ1n) is 10.3. The minimum atomic E-state index is -0.411. The standard InChI is InChI=1S/C22H21ClN4O3S/c23-15-11-14(24-20(28)17-6-2-5-16(25-17)13-3-1-4-13)7-8-18(15)27-21(29)19-12-30-10-9-26(19)22(27)31/h2,5-8,11,13,19H,1,3-4,9-10,12H2,(H,24,28). The minimum absolute atomic E-state index is 0.152. The number of carbonyl (C=O) groups excluding carboxylic acids is 2. The van der Waals surface area contributed by atoms with Gasteiger partial charge in [-0.15, -0.1) is 0 Å². The van der Waals surface area contributed by atoms with Gasteiger partial charge < -0.3 is 15.0 Å². The van der Waals surface area contributed by atoms with Crippen LogP contribution in [0.1, 0.15) is 41.4 Å². The topological polar surface area (TPSA) is 74.8 Å². The summed E-state index contributed by atoms with van der Waals surface area (Å²) >= 11 is 12.0. The van der Waals surface area contributed by atoms with Gasteiger partial charge in [0, 0.05) is 23.8 Å². The van der Waals surface area contributed by atoms with E-state index in [0.717, 1.165) is 18.5 Å². The van der Waals surface area contributed by atoms with Gasteiger partial charge in [0.15, 0.2) is 5.11 Å². The molecule has 0 bridgehead atoms. The van der Waals surface area contributed by atoms with Gasteiger partial charge in [-0.1, -0.05) is 24.1 Å². The van der Waals surface area contributed by atoms with Crippen LogP contribution in [-0.4, -0.2) is 52.6 Å². The number of thiocarbonyl (C=S) groups is 1. The maximum absolute atomic E-state index is 12.8. The Bertz CT molecular complexity index is 1050. The Morgan fingerprint density at radius 1 is 1.26 bits per heavy atom. The van der Waals surface area contributed by atoms with Gasteiger partial charge in [-0.05, 0) is 55.4 Å². The number of ether oxygens (including phenoxy) is 1. The van der Waals surface area contributed by atoms with Gasteiger partial charge in [0.25, 0.3) is 11.8 Å². The van der Waals surface area contributed by atoms with Gasteiger partial charge in [0.1, 0.15) is 11.7 Å². The van der Waals surface area contributed by atoms with Crippen molar-refractivity contribution in [2.24, 2.45) is 0 Å². The molecule has 3 heterocycles. The maximum atomic E-state index is 12.8. The Kier molecular flexibility index (Phi) is 5.37. The summed E-state index contributed by atoms with van der Waals surface area (Å²) in [6.45, 7) is 1.42. The highest BCUT2D eigenvalue weighted by atomic mass is 35.5. The summed E-state index contributed by atoms with van der Waals surface area (Å²) in [6, 6.07) is 10.1. The number of carbonyl (C=O) groups is 2. The number of nitrogens with one attached hydrogen (secondary N) is 1. The van der Waals surface area contributed by atoms with E-state index >= 15 is 0 Å². The molecule has 31 heavy (non-hydrogen) atoms. The van der Waals surface area contributed by atoms with Crippen molar-refractivity contribution in [2.45, 2.75) is 31.2 Å². The van der Waals surface area contributed by atoms with E-state index in [9.17, 15) is 9.59 Å². The predicted molar refractivity (Wildman–Crippen MR) is 122 cm³/mol. The van der Waals surface area contributed by atoms with E-state index in [2.05, 4.69) is 10.3 Å². The summed E-state index contributed by atoms with van der Waals surface area (Å²) in [7, 11) is 0. The Hall–Kier alpha value is -2.55. The van der Waals surface area contributed by atoms with E-state index in [0.29, 0.717) is 52.9 Å². The molecule has 1 N–H and O–H groups in total. The smallest absolute Gasteiger partial charge is 0.274 e. The highest BCUT2D eigenvalue weighted by Gasteiger charge is 2.45.